The number of fused-ring (bicyclic) bond motifs is 3. The number of nitrogens with one attached hydrogen (secondary N) is 2. The van der Waals surface area contributed by atoms with E-state index in [1.165, 1.54) is 0 Å². The third kappa shape index (κ3) is 4.62. The first-order valence-electron chi connectivity index (χ1n) is 10.8. The minimum absolute atomic E-state index is 0.317. The number of anilines is 2. The highest BCUT2D eigenvalue weighted by atomic mass is 35.5. The second-order valence-electron chi connectivity index (χ2n) is 7.92. The smallest absolute Gasteiger partial charge is 0.195 e. The summed E-state index contributed by atoms with van der Waals surface area (Å²) in [7, 11) is 0. The van der Waals surface area contributed by atoms with Crippen molar-refractivity contribution in [2.45, 2.75) is 19.8 Å². The van der Waals surface area contributed by atoms with Gasteiger partial charge in [-0.05, 0) is 30.3 Å². The number of ether oxygens (including phenoxy) is 1. The highest BCUT2D eigenvalue weighted by Gasteiger charge is 2.11. The average molecular weight is 482 g/mol. The molecular weight excluding hydrogens is 458 g/mol. The molecule has 0 spiro atoms. The summed E-state index contributed by atoms with van der Waals surface area (Å²) in [6.45, 7) is 5.20. The Kier molecular flexibility index (Phi) is 6.11. The van der Waals surface area contributed by atoms with E-state index in [2.05, 4.69) is 58.4 Å². The van der Waals surface area contributed by atoms with Crippen LogP contribution in [-0.2, 0) is 0 Å². The van der Waals surface area contributed by atoms with Gasteiger partial charge in [0.25, 0.3) is 0 Å². The van der Waals surface area contributed by atoms with Gasteiger partial charge in [0.2, 0.25) is 0 Å². The third-order valence-corrected chi connectivity index (χ3v) is 6.42. The van der Waals surface area contributed by atoms with Crippen molar-refractivity contribution in [3.05, 3.63) is 60.5 Å². The Balaban J connectivity index is 1.25. The lowest BCUT2D eigenvalue weighted by atomic mass is 10.1. The molecule has 0 saturated heterocycles. The van der Waals surface area contributed by atoms with Gasteiger partial charge in [0.1, 0.15) is 18.1 Å². The topological polar surface area (TPSA) is 76.6 Å². The Morgan fingerprint density at radius 1 is 1.12 bits per heavy atom. The van der Waals surface area contributed by atoms with E-state index in [0.717, 1.165) is 49.4 Å². The van der Waals surface area contributed by atoms with E-state index in [4.69, 9.17) is 25.8 Å². The lowest BCUT2D eigenvalue weighted by molar-refractivity contribution is 0.343. The van der Waals surface area contributed by atoms with E-state index in [1.54, 1.807) is 11.3 Å². The summed E-state index contributed by atoms with van der Waals surface area (Å²) < 4.78 is 14.2. The minimum atomic E-state index is 0.317. The number of rotatable bonds is 9. The Hall–Kier alpha value is -3.23. The van der Waals surface area contributed by atoms with Gasteiger partial charge in [-0.1, -0.05) is 42.5 Å². The quantitative estimate of drug-likeness (QED) is 0.187. The molecule has 3 aromatic heterocycles. The van der Waals surface area contributed by atoms with E-state index in [9.17, 15) is 0 Å². The van der Waals surface area contributed by atoms with Gasteiger partial charge < -0.3 is 19.9 Å². The van der Waals surface area contributed by atoms with Crippen LogP contribution in [0.4, 0.5) is 11.5 Å². The predicted molar refractivity (Wildman–Crippen MR) is 135 cm³/mol. The van der Waals surface area contributed by atoms with Crippen LogP contribution >= 0.6 is 22.9 Å². The normalized spacial score (nSPS) is 11.5. The van der Waals surface area contributed by atoms with Crippen molar-refractivity contribution >= 4 is 49.6 Å². The van der Waals surface area contributed by atoms with Crippen LogP contribution in [0.25, 0.3) is 26.4 Å². The summed E-state index contributed by atoms with van der Waals surface area (Å²) >= 11 is 7.36. The maximum Gasteiger partial charge on any atom is 0.195 e. The van der Waals surface area contributed by atoms with Gasteiger partial charge in [-0.3, -0.25) is 4.40 Å². The summed E-state index contributed by atoms with van der Waals surface area (Å²) in [6.07, 6.45) is 2.08. The number of hydrogen-bond acceptors (Lipinski definition) is 7. The molecule has 5 rings (SSSR count). The number of alkyl halides is 1. The van der Waals surface area contributed by atoms with Gasteiger partial charge in [0.15, 0.2) is 10.8 Å². The first-order chi connectivity index (χ1) is 16.1. The van der Waals surface area contributed by atoms with E-state index in [-0.39, 0.29) is 0 Å². The number of aromatic nitrogens is 3. The van der Waals surface area contributed by atoms with Crippen LogP contribution in [0.15, 0.2) is 59.3 Å². The molecule has 0 aliphatic rings. The van der Waals surface area contributed by atoms with Crippen molar-refractivity contribution in [1.29, 1.82) is 0 Å². The van der Waals surface area contributed by atoms with Crippen LogP contribution in [-0.4, -0.2) is 33.7 Å². The number of benzene rings is 2. The molecule has 0 aliphatic heterocycles. The number of halogens is 1. The van der Waals surface area contributed by atoms with E-state index in [1.807, 2.05) is 30.3 Å². The number of imidazole rings is 1. The van der Waals surface area contributed by atoms with Crippen LogP contribution in [0, 0.1) is 0 Å². The van der Waals surface area contributed by atoms with Gasteiger partial charge >= 0.3 is 0 Å². The molecule has 0 unspecified atom stereocenters. The largest absolute Gasteiger partial charge is 0.492 e. The first kappa shape index (κ1) is 21.6. The van der Waals surface area contributed by atoms with Gasteiger partial charge in [-0.2, -0.15) is 0 Å². The van der Waals surface area contributed by atoms with Gasteiger partial charge in [0.05, 0.1) is 28.5 Å². The lowest BCUT2D eigenvalue weighted by Crippen LogP contribution is -2.11. The lowest BCUT2D eigenvalue weighted by Gasteiger charge is -2.07. The first-order valence-corrected chi connectivity index (χ1v) is 12.1. The standard InChI is InChI=1S/C24H24ClN5O2S/c1-15(2)21-12-23(29-32-21)27-14-26-17-5-3-16(4-6-17)19-13-30-20-8-7-18(31-10-9-25)11-22(20)33-24(30)28-19/h3-8,11-13,15,26H,9-10,14H2,1-2H3,(H,27,29). The Bertz CT molecular complexity index is 1370. The molecule has 0 radical (unpaired) electrons. The SMILES string of the molecule is CC(C)c1cc(NCNc2ccc(-c3cn4c(n3)sc3cc(OCCCl)ccc34)cc2)no1. The van der Waals surface area contributed by atoms with Crippen molar-refractivity contribution in [2.75, 3.05) is 29.8 Å². The summed E-state index contributed by atoms with van der Waals surface area (Å²) in [6, 6.07) is 16.2. The molecule has 33 heavy (non-hydrogen) atoms. The Morgan fingerprint density at radius 2 is 1.97 bits per heavy atom. The van der Waals surface area contributed by atoms with E-state index in [0.29, 0.717) is 25.1 Å². The second kappa shape index (κ2) is 9.33. The van der Waals surface area contributed by atoms with Crippen molar-refractivity contribution in [3.63, 3.8) is 0 Å². The summed E-state index contributed by atoms with van der Waals surface area (Å²) in [4.78, 5) is 5.78. The van der Waals surface area contributed by atoms with Gasteiger partial charge in [-0.25, -0.2) is 4.98 Å². The van der Waals surface area contributed by atoms with Gasteiger partial charge in [-0.15, -0.1) is 11.6 Å². The van der Waals surface area contributed by atoms with Crippen LogP contribution in [0.1, 0.15) is 25.5 Å². The molecule has 2 N–H and O–H groups in total. The fourth-order valence-electron chi connectivity index (χ4n) is 3.51. The second-order valence-corrected chi connectivity index (χ2v) is 9.31. The summed E-state index contributed by atoms with van der Waals surface area (Å²) in [5.74, 6) is 3.22. The van der Waals surface area contributed by atoms with Crippen LogP contribution in [0.3, 0.4) is 0 Å². The zero-order chi connectivity index (χ0) is 22.8. The monoisotopic (exact) mass is 481 g/mol. The molecule has 0 bridgehead atoms. The molecular formula is C24H24ClN5O2S. The van der Waals surface area contributed by atoms with Gasteiger partial charge in [0, 0.05) is 29.4 Å². The number of thiazole rings is 1. The Labute approximate surface area is 200 Å². The predicted octanol–water partition coefficient (Wildman–Crippen LogP) is 6.43. The van der Waals surface area contributed by atoms with Crippen molar-refractivity contribution in [1.82, 2.24) is 14.5 Å². The molecule has 7 nitrogen and oxygen atoms in total. The molecule has 0 amide bonds. The molecule has 3 heterocycles. The van der Waals surface area contributed by atoms with Crippen LogP contribution in [0.5, 0.6) is 5.75 Å². The van der Waals surface area contributed by atoms with Crippen molar-refractivity contribution in [3.8, 4) is 17.0 Å². The highest BCUT2D eigenvalue weighted by Crippen LogP contribution is 2.32. The van der Waals surface area contributed by atoms with Crippen LogP contribution < -0.4 is 15.4 Å². The molecule has 170 valence electrons. The molecule has 5 aromatic rings. The minimum Gasteiger partial charge on any atom is -0.492 e. The van der Waals surface area contributed by atoms with E-state index >= 15 is 0 Å². The molecule has 0 saturated carbocycles. The van der Waals surface area contributed by atoms with Crippen molar-refractivity contribution in [2.24, 2.45) is 0 Å². The molecule has 2 aromatic carbocycles. The summed E-state index contributed by atoms with van der Waals surface area (Å²) in [5, 5.41) is 10.6. The molecule has 0 atom stereocenters. The van der Waals surface area contributed by atoms with E-state index < -0.39 is 0 Å². The van der Waals surface area contributed by atoms with Crippen LogP contribution in [0.2, 0.25) is 0 Å². The maximum atomic E-state index is 5.71. The fraction of sp³-hybridized carbons (Fsp3) is 0.250. The average Bonchev–Trinajstić information content (AvgIpc) is 3.53. The number of hydrogen-bond donors (Lipinski definition) is 2. The zero-order valence-electron chi connectivity index (χ0n) is 18.3. The molecule has 0 fully saturated rings. The fourth-order valence-corrected chi connectivity index (χ4v) is 4.62. The number of nitrogens with zero attached hydrogens (tertiary/aromatic N) is 3. The highest BCUT2D eigenvalue weighted by molar-refractivity contribution is 7.23. The molecule has 0 aliphatic carbocycles. The third-order valence-electron chi connectivity index (χ3n) is 5.25. The Morgan fingerprint density at radius 3 is 2.73 bits per heavy atom. The summed E-state index contributed by atoms with van der Waals surface area (Å²) in [5.41, 5.74) is 4.14. The zero-order valence-corrected chi connectivity index (χ0v) is 19.9. The van der Waals surface area contributed by atoms with Crippen molar-refractivity contribution < 1.29 is 9.26 Å². The maximum absolute atomic E-state index is 5.71. The molecule has 9 heteroatoms.